The molecule has 0 radical (unpaired) electrons. The third-order valence-corrected chi connectivity index (χ3v) is 5.83. The van der Waals surface area contributed by atoms with Crippen molar-refractivity contribution in [3.63, 3.8) is 0 Å². The van der Waals surface area contributed by atoms with Crippen LogP contribution < -0.4 is 15.5 Å². The molecule has 2 aromatic carbocycles. The molecule has 0 spiro atoms. The molecule has 2 aliphatic rings. The van der Waals surface area contributed by atoms with E-state index in [2.05, 4.69) is 17.6 Å². The Bertz CT molecular complexity index is 1010. The molecule has 2 aliphatic heterocycles. The zero-order valence-electron chi connectivity index (χ0n) is 16.9. The van der Waals surface area contributed by atoms with Crippen molar-refractivity contribution < 1.29 is 14.4 Å². The summed E-state index contributed by atoms with van der Waals surface area (Å²) in [7, 11) is 0. The molecule has 1 saturated heterocycles. The summed E-state index contributed by atoms with van der Waals surface area (Å²) >= 11 is 0. The number of carbonyl (C=O) groups is 3. The predicted octanol–water partition coefficient (Wildman–Crippen LogP) is 2.97. The van der Waals surface area contributed by atoms with Gasteiger partial charge >= 0.3 is 0 Å². The van der Waals surface area contributed by atoms with Crippen LogP contribution in [0.2, 0.25) is 0 Å². The molecule has 2 aromatic rings. The number of anilines is 1. The molecular formula is C23H25N3O3. The fraction of sp³-hybridized carbons (Fsp3) is 0.348. The molecule has 4 rings (SSSR count). The number of aryl methyl sites for hydroxylation is 2. The number of piperidine rings is 1. The minimum atomic E-state index is -0.388. The number of imide groups is 1. The third-order valence-electron chi connectivity index (χ3n) is 5.83. The molecule has 6 heteroatoms. The van der Waals surface area contributed by atoms with Gasteiger partial charge < -0.3 is 10.6 Å². The van der Waals surface area contributed by atoms with Gasteiger partial charge in [0.2, 0.25) is 0 Å². The molecule has 0 aliphatic carbocycles. The van der Waals surface area contributed by atoms with Gasteiger partial charge in [0.1, 0.15) is 0 Å². The van der Waals surface area contributed by atoms with Gasteiger partial charge in [0, 0.05) is 17.6 Å². The molecule has 2 N–H and O–H groups in total. The second-order valence-corrected chi connectivity index (χ2v) is 7.96. The lowest BCUT2D eigenvalue weighted by Crippen LogP contribution is -2.51. The van der Waals surface area contributed by atoms with Crippen LogP contribution in [0.3, 0.4) is 0 Å². The van der Waals surface area contributed by atoms with Gasteiger partial charge in [0.15, 0.2) is 0 Å². The van der Waals surface area contributed by atoms with Crippen LogP contribution in [0, 0.1) is 13.8 Å². The summed E-state index contributed by atoms with van der Waals surface area (Å²) < 4.78 is 0. The van der Waals surface area contributed by atoms with Crippen LogP contribution in [-0.4, -0.2) is 36.3 Å². The van der Waals surface area contributed by atoms with Gasteiger partial charge in [-0.05, 0) is 75.5 Å². The maximum Gasteiger partial charge on any atom is 0.266 e. The molecule has 29 heavy (non-hydrogen) atoms. The van der Waals surface area contributed by atoms with Crippen LogP contribution in [0.15, 0.2) is 36.4 Å². The Balaban J connectivity index is 1.61. The number of carbonyl (C=O) groups excluding carboxylic acids is 3. The molecule has 6 nitrogen and oxygen atoms in total. The van der Waals surface area contributed by atoms with E-state index in [9.17, 15) is 14.4 Å². The number of nitrogens with one attached hydrogen (secondary N) is 2. The molecule has 0 bridgehead atoms. The number of benzene rings is 2. The summed E-state index contributed by atoms with van der Waals surface area (Å²) in [6.07, 6.45) is 1.93. The zero-order chi connectivity index (χ0) is 20.7. The van der Waals surface area contributed by atoms with Crippen molar-refractivity contribution in [2.75, 3.05) is 11.4 Å². The van der Waals surface area contributed by atoms with Crippen molar-refractivity contribution >= 4 is 23.4 Å². The number of nitrogens with zero attached hydrogens (tertiary/aromatic N) is 1. The van der Waals surface area contributed by atoms with Gasteiger partial charge in [0.05, 0.1) is 16.8 Å². The van der Waals surface area contributed by atoms with Gasteiger partial charge in [-0.15, -0.1) is 0 Å². The Morgan fingerprint density at radius 3 is 2.59 bits per heavy atom. The highest BCUT2D eigenvalue weighted by Crippen LogP contribution is 2.31. The lowest BCUT2D eigenvalue weighted by Gasteiger charge is -2.30. The standard InChI is InChI=1S/C23H25N3O3/c1-13-6-7-14(2)20(11-13)26-22(28)17-9-8-16(12-18(17)23(26)29)21(27)25-19-5-4-10-24-15(19)3/h6-9,11-12,15,19,24H,4-5,10H2,1-3H3,(H,25,27). The quantitative estimate of drug-likeness (QED) is 0.789. The van der Waals surface area contributed by atoms with Crippen molar-refractivity contribution in [1.29, 1.82) is 0 Å². The van der Waals surface area contributed by atoms with Gasteiger partial charge in [-0.3, -0.25) is 14.4 Å². The van der Waals surface area contributed by atoms with Gasteiger partial charge in [-0.25, -0.2) is 4.90 Å². The molecule has 0 saturated carbocycles. The van der Waals surface area contributed by atoms with E-state index in [0.717, 1.165) is 30.5 Å². The van der Waals surface area contributed by atoms with E-state index >= 15 is 0 Å². The van der Waals surface area contributed by atoms with E-state index in [0.29, 0.717) is 16.8 Å². The van der Waals surface area contributed by atoms with Crippen LogP contribution in [-0.2, 0) is 0 Å². The Hall–Kier alpha value is -2.99. The first kappa shape index (κ1) is 19.3. The summed E-state index contributed by atoms with van der Waals surface area (Å²) in [5, 5.41) is 6.41. The molecule has 0 aromatic heterocycles. The first-order chi connectivity index (χ1) is 13.9. The van der Waals surface area contributed by atoms with Crippen molar-refractivity contribution in [2.45, 2.75) is 45.7 Å². The molecule has 150 valence electrons. The summed E-state index contributed by atoms with van der Waals surface area (Å²) in [5.74, 6) is -0.962. The summed E-state index contributed by atoms with van der Waals surface area (Å²) in [4.78, 5) is 39.9. The predicted molar refractivity (Wildman–Crippen MR) is 111 cm³/mol. The molecule has 2 atom stereocenters. The van der Waals surface area contributed by atoms with E-state index in [4.69, 9.17) is 0 Å². The third kappa shape index (κ3) is 3.44. The monoisotopic (exact) mass is 391 g/mol. The number of hydrogen-bond acceptors (Lipinski definition) is 4. The normalized spacial score (nSPS) is 21.3. The van der Waals surface area contributed by atoms with Gasteiger partial charge in [-0.1, -0.05) is 12.1 Å². The van der Waals surface area contributed by atoms with Gasteiger partial charge in [0.25, 0.3) is 17.7 Å². The summed E-state index contributed by atoms with van der Waals surface area (Å²) in [6, 6.07) is 10.7. The smallest absolute Gasteiger partial charge is 0.266 e. The van der Waals surface area contributed by atoms with Crippen molar-refractivity contribution in [3.8, 4) is 0 Å². The Kier molecular flexibility index (Phi) is 4.96. The Labute approximate surface area is 170 Å². The maximum atomic E-state index is 13.1. The lowest BCUT2D eigenvalue weighted by molar-refractivity contribution is 0.0913. The van der Waals surface area contributed by atoms with E-state index in [1.807, 2.05) is 32.0 Å². The van der Waals surface area contributed by atoms with E-state index < -0.39 is 0 Å². The number of rotatable bonds is 3. The van der Waals surface area contributed by atoms with Crippen LogP contribution >= 0.6 is 0 Å². The highest BCUT2D eigenvalue weighted by Gasteiger charge is 2.38. The van der Waals surface area contributed by atoms with Crippen molar-refractivity contribution in [2.24, 2.45) is 0 Å². The average molecular weight is 391 g/mol. The molecule has 1 fully saturated rings. The Morgan fingerprint density at radius 2 is 1.83 bits per heavy atom. The first-order valence-corrected chi connectivity index (χ1v) is 10.0. The summed E-state index contributed by atoms with van der Waals surface area (Å²) in [5.41, 5.74) is 3.41. The van der Waals surface area contributed by atoms with E-state index in [1.165, 1.54) is 11.0 Å². The fourth-order valence-corrected chi connectivity index (χ4v) is 4.05. The minimum Gasteiger partial charge on any atom is -0.348 e. The average Bonchev–Trinajstić information content (AvgIpc) is 2.95. The minimum absolute atomic E-state index is 0.0493. The SMILES string of the molecule is Cc1ccc(C)c(N2C(=O)c3ccc(C(=O)NC4CCCNC4C)cc3C2=O)c1. The van der Waals surface area contributed by atoms with Crippen LogP contribution in [0.5, 0.6) is 0 Å². The molecular weight excluding hydrogens is 366 g/mol. The molecule has 3 amide bonds. The van der Waals surface area contributed by atoms with Crippen LogP contribution in [0.4, 0.5) is 5.69 Å². The number of hydrogen-bond donors (Lipinski definition) is 2. The zero-order valence-corrected chi connectivity index (χ0v) is 16.9. The van der Waals surface area contributed by atoms with Gasteiger partial charge in [-0.2, -0.15) is 0 Å². The Morgan fingerprint density at radius 1 is 1.07 bits per heavy atom. The molecule has 2 unspecified atom stereocenters. The van der Waals surface area contributed by atoms with Crippen LogP contribution in [0.1, 0.15) is 62.0 Å². The highest BCUT2D eigenvalue weighted by molar-refractivity contribution is 6.35. The molecule has 2 heterocycles. The van der Waals surface area contributed by atoms with E-state index in [1.54, 1.807) is 12.1 Å². The number of fused-ring (bicyclic) bond motifs is 1. The maximum absolute atomic E-state index is 13.1. The largest absolute Gasteiger partial charge is 0.348 e. The topological polar surface area (TPSA) is 78.5 Å². The lowest BCUT2D eigenvalue weighted by atomic mass is 9.99. The van der Waals surface area contributed by atoms with Crippen LogP contribution in [0.25, 0.3) is 0 Å². The van der Waals surface area contributed by atoms with E-state index in [-0.39, 0.29) is 35.4 Å². The number of amides is 3. The summed E-state index contributed by atoms with van der Waals surface area (Å²) in [6.45, 7) is 6.80. The fourth-order valence-electron chi connectivity index (χ4n) is 4.05. The first-order valence-electron chi connectivity index (χ1n) is 10.0. The van der Waals surface area contributed by atoms with Crippen molar-refractivity contribution in [3.05, 3.63) is 64.2 Å². The second-order valence-electron chi connectivity index (χ2n) is 7.96. The van der Waals surface area contributed by atoms with Crippen molar-refractivity contribution in [1.82, 2.24) is 10.6 Å². The second kappa shape index (κ2) is 7.44. The highest BCUT2D eigenvalue weighted by atomic mass is 16.2.